The Bertz CT molecular complexity index is 215. The average molecular weight is 230 g/mol. The van der Waals surface area contributed by atoms with Crippen molar-refractivity contribution in [3.63, 3.8) is 0 Å². The highest BCUT2D eigenvalue weighted by molar-refractivity contribution is 8.28. The molecule has 3 unspecified atom stereocenters. The van der Waals surface area contributed by atoms with Gasteiger partial charge in [-0.2, -0.15) is 0 Å². The first-order chi connectivity index (χ1) is 7.11. The van der Waals surface area contributed by atoms with E-state index < -0.39 is 10.3 Å². The maximum absolute atomic E-state index is 5.84. The van der Waals surface area contributed by atoms with Gasteiger partial charge in [0.25, 0.3) is 0 Å². The van der Waals surface area contributed by atoms with Gasteiger partial charge in [0.15, 0.2) is 0 Å². The molecule has 0 aromatic rings. The molecule has 3 atom stereocenters. The predicted octanol–water partition coefficient (Wildman–Crippen LogP) is 3.83. The molecule has 0 spiro atoms. The Balaban J connectivity index is 1.68. The Morgan fingerprint density at radius 2 is 1.93 bits per heavy atom. The first-order valence-electron chi connectivity index (χ1n) is 6.46. The zero-order valence-electron chi connectivity index (χ0n) is 10.5. The molecule has 0 heterocycles. The molecule has 2 aliphatic rings. The van der Waals surface area contributed by atoms with Crippen molar-refractivity contribution in [2.45, 2.75) is 39.0 Å². The molecule has 90 valence electrons. The monoisotopic (exact) mass is 230 g/mol. The van der Waals surface area contributed by atoms with Crippen LogP contribution in [0.1, 0.15) is 39.0 Å². The van der Waals surface area contributed by atoms with E-state index in [4.69, 9.17) is 4.18 Å². The minimum Gasteiger partial charge on any atom is -0.337 e. The van der Waals surface area contributed by atoms with Crippen LogP contribution >= 0.6 is 10.3 Å². The van der Waals surface area contributed by atoms with E-state index in [0.29, 0.717) is 0 Å². The van der Waals surface area contributed by atoms with Crippen molar-refractivity contribution in [2.24, 2.45) is 17.8 Å². The van der Waals surface area contributed by atoms with Crippen LogP contribution in [0, 0.1) is 17.8 Å². The van der Waals surface area contributed by atoms with E-state index in [-0.39, 0.29) is 0 Å². The molecule has 0 aromatic heterocycles. The van der Waals surface area contributed by atoms with Crippen molar-refractivity contribution in [1.29, 1.82) is 0 Å². The Hall–Kier alpha value is 0.310. The summed E-state index contributed by atoms with van der Waals surface area (Å²) < 4.78 is 5.84. The summed E-state index contributed by atoms with van der Waals surface area (Å²) in [5, 5.41) is 0. The fraction of sp³-hybridized carbons (Fsp3) is 1.00. The molecule has 0 amide bonds. The molecule has 0 radical (unpaired) electrons. The maximum Gasteiger partial charge on any atom is 0.0563 e. The first-order valence-corrected chi connectivity index (χ1v) is 9.00. The number of hydrogen-bond donors (Lipinski definition) is 0. The van der Waals surface area contributed by atoms with Crippen LogP contribution in [0.25, 0.3) is 0 Å². The standard InChI is InChI=1S/C13H26OS/c1-4-14-15(2,3)8-7-11-5-6-12-10-13(12)9-11/h11-13H,4-10H2,1-3H3. The van der Waals surface area contributed by atoms with Gasteiger partial charge in [-0.3, -0.25) is 0 Å². The van der Waals surface area contributed by atoms with Crippen LogP contribution in [0.2, 0.25) is 0 Å². The van der Waals surface area contributed by atoms with E-state index in [1.165, 1.54) is 31.4 Å². The van der Waals surface area contributed by atoms with Gasteiger partial charge in [-0.15, -0.1) is 10.3 Å². The Labute approximate surface area is 96.5 Å². The van der Waals surface area contributed by atoms with Crippen molar-refractivity contribution in [3.05, 3.63) is 0 Å². The summed E-state index contributed by atoms with van der Waals surface area (Å²) in [6.07, 6.45) is 12.2. The molecule has 0 aliphatic heterocycles. The van der Waals surface area contributed by atoms with Crippen LogP contribution in [0.15, 0.2) is 0 Å². The Morgan fingerprint density at radius 3 is 2.60 bits per heavy atom. The lowest BCUT2D eigenvalue weighted by Crippen LogP contribution is -2.14. The smallest absolute Gasteiger partial charge is 0.0563 e. The van der Waals surface area contributed by atoms with Gasteiger partial charge < -0.3 is 4.18 Å². The number of hydrogen-bond acceptors (Lipinski definition) is 1. The average Bonchev–Trinajstić information content (AvgIpc) is 2.92. The first kappa shape index (κ1) is 11.8. The molecule has 0 aromatic carbocycles. The summed E-state index contributed by atoms with van der Waals surface area (Å²) in [6, 6.07) is 0. The molecular formula is C13H26OS. The number of fused-ring (bicyclic) bond motifs is 1. The summed E-state index contributed by atoms with van der Waals surface area (Å²) in [5.74, 6) is 4.63. The minimum absolute atomic E-state index is 0.735. The van der Waals surface area contributed by atoms with Crippen LogP contribution < -0.4 is 0 Å². The minimum atomic E-state index is -0.735. The van der Waals surface area contributed by atoms with Crippen molar-refractivity contribution in [1.82, 2.24) is 0 Å². The molecule has 2 heteroatoms. The third kappa shape index (κ3) is 3.39. The van der Waals surface area contributed by atoms with Gasteiger partial charge in [0.05, 0.1) is 6.61 Å². The van der Waals surface area contributed by atoms with Gasteiger partial charge in [-0.25, -0.2) is 0 Å². The molecule has 2 saturated carbocycles. The van der Waals surface area contributed by atoms with E-state index in [1.54, 1.807) is 6.42 Å². The van der Waals surface area contributed by atoms with Gasteiger partial charge in [-0.05, 0) is 68.6 Å². The molecule has 15 heavy (non-hydrogen) atoms. The van der Waals surface area contributed by atoms with Gasteiger partial charge in [0, 0.05) is 0 Å². The molecule has 0 saturated heterocycles. The second-order valence-corrected chi connectivity index (χ2v) is 9.29. The molecule has 2 rings (SSSR count). The molecule has 2 aliphatic carbocycles. The second-order valence-electron chi connectivity index (χ2n) is 5.77. The van der Waals surface area contributed by atoms with Crippen LogP contribution in [-0.2, 0) is 4.18 Å². The fourth-order valence-corrected chi connectivity index (χ4v) is 4.70. The Morgan fingerprint density at radius 1 is 1.13 bits per heavy atom. The van der Waals surface area contributed by atoms with Gasteiger partial charge in [0.2, 0.25) is 0 Å². The van der Waals surface area contributed by atoms with Gasteiger partial charge in [0.1, 0.15) is 0 Å². The van der Waals surface area contributed by atoms with Crippen molar-refractivity contribution >= 4 is 10.3 Å². The highest BCUT2D eigenvalue weighted by Gasteiger charge is 2.41. The third-order valence-corrected chi connectivity index (χ3v) is 6.20. The van der Waals surface area contributed by atoms with Crippen LogP contribution in [0.4, 0.5) is 0 Å². The maximum atomic E-state index is 5.84. The van der Waals surface area contributed by atoms with E-state index in [9.17, 15) is 0 Å². The van der Waals surface area contributed by atoms with Crippen LogP contribution in [0.5, 0.6) is 0 Å². The lowest BCUT2D eigenvalue weighted by Gasteiger charge is -2.33. The highest BCUT2D eigenvalue weighted by atomic mass is 32.3. The molecule has 1 nitrogen and oxygen atoms in total. The second kappa shape index (κ2) is 4.67. The molecule has 0 N–H and O–H groups in total. The lowest BCUT2D eigenvalue weighted by molar-refractivity contribution is 0.331. The fourth-order valence-electron chi connectivity index (χ4n) is 3.04. The van der Waals surface area contributed by atoms with Crippen LogP contribution in [-0.4, -0.2) is 24.9 Å². The summed E-state index contributed by atoms with van der Waals surface area (Å²) >= 11 is 0. The summed E-state index contributed by atoms with van der Waals surface area (Å²) in [5.41, 5.74) is 0. The zero-order valence-corrected chi connectivity index (χ0v) is 11.3. The topological polar surface area (TPSA) is 9.23 Å². The SMILES string of the molecule is CCOS(C)(C)CCC1CCC2CC2C1. The van der Waals surface area contributed by atoms with E-state index in [1.807, 2.05) is 0 Å². The summed E-state index contributed by atoms with van der Waals surface area (Å²) in [7, 11) is -0.735. The quantitative estimate of drug-likeness (QED) is 0.697. The molecule has 0 bridgehead atoms. The van der Waals surface area contributed by atoms with Gasteiger partial charge in [-0.1, -0.05) is 6.42 Å². The normalized spacial score (nSPS) is 36.1. The predicted molar refractivity (Wildman–Crippen MR) is 69.5 cm³/mol. The van der Waals surface area contributed by atoms with Crippen LogP contribution in [0.3, 0.4) is 0 Å². The highest BCUT2D eigenvalue weighted by Crippen LogP contribution is 2.53. The zero-order chi connectivity index (χ0) is 10.9. The third-order valence-electron chi connectivity index (χ3n) is 4.11. The Kier molecular flexibility index (Phi) is 3.67. The number of rotatable bonds is 5. The van der Waals surface area contributed by atoms with E-state index in [2.05, 4.69) is 19.4 Å². The van der Waals surface area contributed by atoms with Gasteiger partial charge >= 0.3 is 0 Å². The van der Waals surface area contributed by atoms with E-state index >= 15 is 0 Å². The lowest BCUT2D eigenvalue weighted by atomic mass is 9.88. The van der Waals surface area contributed by atoms with Crippen molar-refractivity contribution in [2.75, 3.05) is 24.9 Å². The molecular weight excluding hydrogens is 204 g/mol. The largest absolute Gasteiger partial charge is 0.337 e. The van der Waals surface area contributed by atoms with Crippen molar-refractivity contribution < 1.29 is 4.18 Å². The summed E-state index contributed by atoms with van der Waals surface area (Å²) in [6.45, 7) is 3.00. The van der Waals surface area contributed by atoms with Crippen molar-refractivity contribution in [3.8, 4) is 0 Å². The molecule has 2 fully saturated rings. The summed E-state index contributed by atoms with van der Waals surface area (Å²) in [4.78, 5) is 0. The van der Waals surface area contributed by atoms with E-state index in [0.717, 1.165) is 24.4 Å².